The van der Waals surface area contributed by atoms with Gasteiger partial charge in [0.2, 0.25) is 0 Å². The summed E-state index contributed by atoms with van der Waals surface area (Å²) in [5.41, 5.74) is 5.10. The summed E-state index contributed by atoms with van der Waals surface area (Å²) in [6, 6.07) is 20.1. The second-order valence-electron chi connectivity index (χ2n) is 6.30. The van der Waals surface area contributed by atoms with Crippen molar-refractivity contribution in [2.45, 2.75) is 25.3 Å². The molecule has 0 heterocycles. The van der Waals surface area contributed by atoms with Crippen LogP contribution >= 0.6 is 0 Å². The largest absolute Gasteiger partial charge is 0.392 e. The Morgan fingerprint density at radius 1 is 0.846 bits per heavy atom. The van der Waals surface area contributed by atoms with E-state index in [0.717, 1.165) is 16.7 Å². The first-order chi connectivity index (χ1) is 12.4. The third-order valence-corrected chi connectivity index (χ3v) is 5.66. The van der Waals surface area contributed by atoms with Gasteiger partial charge in [0, 0.05) is 0 Å². The highest BCUT2D eigenvalue weighted by Gasteiger charge is 2.15. The highest BCUT2D eigenvalue weighted by Crippen LogP contribution is 2.24. The molecule has 4 nitrogen and oxygen atoms in total. The minimum Gasteiger partial charge on any atom is -0.392 e. The second-order valence-corrected chi connectivity index (χ2v) is 7.99. The first kappa shape index (κ1) is 18.2. The summed E-state index contributed by atoms with van der Waals surface area (Å²) >= 11 is 0. The number of aliphatic hydroxyl groups is 1. The first-order valence-corrected chi connectivity index (χ1v) is 9.78. The van der Waals surface area contributed by atoms with Crippen molar-refractivity contribution < 1.29 is 13.5 Å². The second kappa shape index (κ2) is 7.32. The van der Waals surface area contributed by atoms with Gasteiger partial charge in [-0.2, -0.15) is 0 Å². The zero-order chi connectivity index (χ0) is 18.7. The van der Waals surface area contributed by atoms with E-state index >= 15 is 0 Å². The minimum atomic E-state index is -3.70. The summed E-state index contributed by atoms with van der Waals surface area (Å²) in [6.45, 7) is 3.71. The quantitative estimate of drug-likeness (QED) is 0.708. The van der Waals surface area contributed by atoms with E-state index < -0.39 is 10.0 Å². The fraction of sp³-hybridized carbons (Fsp3) is 0.143. The van der Waals surface area contributed by atoms with Crippen LogP contribution in [0.5, 0.6) is 0 Å². The Labute approximate surface area is 154 Å². The molecule has 0 saturated heterocycles. The molecule has 26 heavy (non-hydrogen) atoms. The lowest BCUT2D eigenvalue weighted by atomic mass is 10.0. The lowest BCUT2D eigenvalue weighted by Gasteiger charge is -2.12. The molecule has 0 fully saturated rings. The molecule has 0 amide bonds. The highest BCUT2D eigenvalue weighted by molar-refractivity contribution is 7.92. The van der Waals surface area contributed by atoms with E-state index in [2.05, 4.69) is 4.72 Å². The van der Waals surface area contributed by atoms with E-state index in [1.165, 1.54) is 5.56 Å². The molecule has 0 aliphatic rings. The van der Waals surface area contributed by atoms with Gasteiger partial charge in [-0.3, -0.25) is 4.72 Å². The number of hydrogen-bond donors (Lipinski definition) is 2. The molecule has 0 aliphatic heterocycles. The molecule has 0 saturated carbocycles. The van der Waals surface area contributed by atoms with Crippen LogP contribution in [0, 0.1) is 13.8 Å². The van der Waals surface area contributed by atoms with Gasteiger partial charge in [0.15, 0.2) is 0 Å². The molecule has 3 rings (SSSR count). The van der Waals surface area contributed by atoms with E-state index in [1.54, 1.807) is 42.5 Å². The normalized spacial score (nSPS) is 11.3. The van der Waals surface area contributed by atoms with Crippen molar-refractivity contribution in [3.8, 4) is 11.1 Å². The smallest absolute Gasteiger partial charge is 0.261 e. The Bertz CT molecular complexity index is 1010. The average molecular weight is 367 g/mol. The zero-order valence-electron chi connectivity index (χ0n) is 14.7. The number of hydrogen-bond acceptors (Lipinski definition) is 3. The molecule has 0 bridgehead atoms. The van der Waals surface area contributed by atoms with Crippen molar-refractivity contribution in [1.29, 1.82) is 0 Å². The van der Waals surface area contributed by atoms with Gasteiger partial charge in [-0.25, -0.2) is 8.42 Å². The lowest BCUT2D eigenvalue weighted by molar-refractivity contribution is 0.282. The number of anilines is 1. The average Bonchev–Trinajstić information content (AvgIpc) is 2.64. The van der Waals surface area contributed by atoms with Crippen LogP contribution in [-0.4, -0.2) is 13.5 Å². The number of nitrogens with one attached hydrogen (secondary N) is 1. The topological polar surface area (TPSA) is 66.4 Å². The van der Waals surface area contributed by atoms with Crippen LogP contribution in [0.2, 0.25) is 0 Å². The SMILES string of the molecule is Cc1ccc(-c2ccc(S(=O)(=O)Nc3cc(CO)ccc3C)cc2)cc1. The van der Waals surface area contributed by atoms with E-state index in [4.69, 9.17) is 0 Å². The van der Waals surface area contributed by atoms with Gasteiger partial charge in [0.05, 0.1) is 17.2 Å². The van der Waals surface area contributed by atoms with Crippen LogP contribution in [0.15, 0.2) is 71.6 Å². The van der Waals surface area contributed by atoms with Gasteiger partial charge in [0.1, 0.15) is 0 Å². The molecule has 0 unspecified atom stereocenters. The maximum absolute atomic E-state index is 12.7. The first-order valence-electron chi connectivity index (χ1n) is 8.29. The van der Waals surface area contributed by atoms with E-state index in [1.807, 2.05) is 38.1 Å². The summed E-state index contributed by atoms with van der Waals surface area (Å²) in [4.78, 5) is 0.196. The Hall–Kier alpha value is -2.63. The predicted molar refractivity (Wildman–Crippen MR) is 105 cm³/mol. The Balaban J connectivity index is 1.87. The highest BCUT2D eigenvalue weighted by atomic mass is 32.2. The summed E-state index contributed by atoms with van der Waals surface area (Å²) < 4.78 is 27.9. The molecule has 3 aromatic carbocycles. The van der Waals surface area contributed by atoms with Crippen LogP contribution in [0.4, 0.5) is 5.69 Å². The van der Waals surface area contributed by atoms with Gasteiger partial charge in [-0.1, -0.05) is 54.1 Å². The Morgan fingerprint density at radius 3 is 2.00 bits per heavy atom. The van der Waals surface area contributed by atoms with Gasteiger partial charge >= 0.3 is 0 Å². The standard InChI is InChI=1S/C21H21NO3S/c1-15-3-7-18(8-4-15)19-9-11-20(12-10-19)26(24,25)22-21-13-17(14-23)6-5-16(21)2/h3-13,22-23H,14H2,1-2H3. The minimum absolute atomic E-state index is 0.139. The molecule has 0 atom stereocenters. The van der Waals surface area contributed by atoms with Crippen molar-refractivity contribution in [2.75, 3.05) is 4.72 Å². The van der Waals surface area contributed by atoms with Crippen LogP contribution in [0.25, 0.3) is 11.1 Å². The van der Waals surface area contributed by atoms with Crippen LogP contribution in [-0.2, 0) is 16.6 Å². The van der Waals surface area contributed by atoms with Gasteiger partial charge in [-0.15, -0.1) is 0 Å². The molecule has 5 heteroatoms. The third kappa shape index (κ3) is 3.95. The monoisotopic (exact) mass is 367 g/mol. The Kier molecular flexibility index (Phi) is 5.11. The molecule has 0 radical (unpaired) electrons. The lowest BCUT2D eigenvalue weighted by Crippen LogP contribution is -2.14. The number of aryl methyl sites for hydroxylation is 2. The third-order valence-electron chi connectivity index (χ3n) is 4.28. The van der Waals surface area contributed by atoms with E-state index in [-0.39, 0.29) is 11.5 Å². The molecule has 0 aromatic heterocycles. The van der Waals surface area contributed by atoms with Gasteiger partial charge in [-0.05, 0) is 54.3 Å². The summed E-state index contributed by atoms with van der Waals surface area (Å²) in [5, 5.41) is 9.25. The molecule has 134 valence electrons. The van der Waals surface area contributed by atoms with Crippen molar-refractivity contribution in [3.63, 3.8) is 0 Å². The molecule has 0 spiro atoms. The van der Waals surface area contributed by atoms with Crippen LogP contribution in [0.1, 0.15) is 16.7 Å². The maximum atomic E-state index is 12.7. The van der Waals surface area contributed by atoms with Crippen molar-refractivity contribution in [3.05, 3.63) is 83.4 Å². The predicted octanol–water partition coefficient (Wildman–Crippen LogP) is 4.26. The van der Waals surface area contributed by atoms with E-state index in [0.29, 0.717) is 11.3 Å². The Morgan fingerprint density at radius 2 is 1.42 bits per heavy atom. The fourth-order valence-corrected chi connectivity index (χ4v) is 3.78. The van der Waals surface area contributed by atoms with Crippen LogP contribution < -0.4 is 4.72 Å². The van der Waals surface area contributed by atoms with E-state index in [9.17, 15) is 13.5 Å². The summed E-state index contributed by atoms with van der Waals surface area (Å²) in [5.74, 6) is 0. The molecular formula is C21H21NO3S. The van der Waals surface area contributed by atoms with Crippen molar-refractivity contribution >= 4 is 15.7 Å². The van der Waals surface area contributed by atoms with Gasteiger partial charge < -0.3 is 5.11 Å². The zero-order valence-corrected chi connectivity index (χ0v) is 15.5. The molecule has 0 aliphatic carbocycles. The van der Waals surface area contributed by atoms with Crippen molar-refractivity contribution in [1.82, 2.24) is 0 Å². The fourth-order valence-electron chi connectivity index (χ4n) is 2.65. The number of rotatable bonds is 5. The molecular weight excluding hydrogens is 346 g/mol. The van der Waals surface area contributed by atoms with Gasteiger partial charge in [0.25, 0.3) is 10.0 Å². The molecule has 3 aromatic rings. The number of aliphatic hydroxyl groups excluding tert-OH is 1. The number of benzene rings is 3. The maximum Gasteiger partial charge on any atom is 0.261 e. The summed E-state index contributed by atoms with van der Waals surface area (Å²) in [7, 11) is -3.70. The molecule has 2 N–H and O–H groups in total. The van der Waals surface area contributed by atoms with Crippen LogP contribution in [0.3, 0.4) is 0 Å². The summed E-state index contributed by atoms with van der Waals surface area (Å²) in [6.07, 6.45) is 0. The van der Waals surface area contributed by atoms with Crippen molar-refractivity contribution in [2.24, 2.45) is 0 Å². The number of sulfonamides is 1.